The quantitative estimate of drug-likeness (QED) is 0.713. The van der Waals surface area contributed by atoms with Crippen molar-refractivity contribution < 1.29 is 9.53 Å². The smallest absolute Gasteiger partial charge is 0.224 e. The van der Waals surface area contributed by atoms with Crippen molar-refractivity contribution in [3.8, 4) is 0 Å². The average molecular weight is 242 g/mol. The summed E-state index contributed by atoms with van der Waals surface area (Å²) in [6.07, 6.45) is 2.78. The number of nitrogens with two attached hydrogens (primary N) is 1. The molecule has 1 aliphatic heterocycles. The molecule has 100 valence electrons. The molecule has 0 aromatic carbocycles. The molecule has 1 fully saturated rings. The van der Waals surface area contributed by atoms with Crippen LogP contribution in [-0.4, -0.2) is 43.7 Å². The van der Waals surface area contributed by atoms with Gasteiger partial charge >= 0.3 is 0 Å². The van der Waals surface area contributed by atoms with Crippen LogP contribution in [0.2, 0.25) is 0 Å². The van der Waals surface area contributed by atoms with Gasteiger partial charge in [0.1, 0.15) is 0 Å². The van der Waals surface area contributed by atoms with Crippen molar-refractivity contribution in [1.82, 2.24) is 4.90 Å². The van der Waals surface area contributed by atoms with Gasteiger partial charge in [0.2, 0.25) is 5.91 Å². The van der Waals surface area contributed by atoms with Crippen LogP contribution in [-0.2, 0) is 9.53 Å². The van der Waals surface area contributed by atoms with E-state index >= 15 is 0 Å². The highest BCUT2D eigenvalue weighted by Gasteiger charge is 2.23. The predicted molar refractivity (Wildman–Crippen MR) is 68.6 cm³/mol. The molecule has 0 aromatic heterocycles. The zero-order chi connectivity index (χ0) is 12.7. The zero-order valence-corrected chi connectivity index (χ0v) is 11.2. The predicted octanol–water partition coefficient (Wildman–Crippen LogP) is 1.25. The van der Waals surface area contributed by atoms with E-state index in [1.54, 1.807) is 0 Å². The third kappa shape index (κ3) is 5.04. The number of amides is 1. The largest absolute Gasteiger partial charge is 0.380 e. The third-order valence-electron chi connectivity index (χ3n) is 3.56. The molecule has 4 nitrogen and oxygen atoms in total. The monoisotopic (exact) mass is 242 g/mol. The summed E-state index contributed by atoms with van der Waals surface area (Å²) >= 11 is 0. The first-order valence-corrected chi connectivity index (χ1v) is 6.70. The van der Waals surface area contributed by atoms with Gasteiger partial charge in [0.05, 0.1) is 19.6 Å². The molecule has 1 aliphatic rings. The maximum absolute atomic E-state index is 11.9. The number of likely N-dealkylation sites (tertiary alicyclic amines) is 1. The topological polar surface area (TPSA) is 55.6 Å². The van der Waals surface area contributed by atoms with Gasteiger partial charge in [-0.05, 0) is 24.7 Å². The number of ether oxygens (including phenoxy) is 1. The molecule has 0 atom stereocenters. The molecule has 4 heteroatoms. The highest BCUT2D eigenvalue weighted by molar-refractivity contribution is 5.76. The summed E-state index contributed by atoms with van der Waals surface area (Å²) in [5.74, 6) is 1.75. The molecule has 1 saturated heterocycles. The van der Waals surface area contributed by atoms with Crippen LogP contribution in [0, 0.1) is 11.8 Å². The van der Waals surface area contributed by atoms with E-state index in [9.17, 15) is 4.79 Å². The average Bonchev–Trinajstić information content (AvgIpc) is 2.34. The van der Waals surface area contributed by atoms with Gasteiger partial charge in [-0.3, -0.25) is 4.79 Å². The fraction of sp³-hybridized carbons (Fsp3) is 0.923. The Hall–Kier alpha value is -0.610. The first-order chi connectivity index (χ1) is 8.15. The number of carbonyl (C=O) groups excluding carboxylic acids is 1. The van der Waals surface area contributed by atoms with Crippen LogP contribution < -0.4 is 5.73 Å². The normalized spacial score (nSPS) is 17.8. The van der Waals surface area contributed by atoms with Crippen LogP contribution in [0.3, 0.4) is 0 Å². The van der Waals surface area contributed by atoms with Gasteiger partial charge < -0.3 is 15.4 Å². The number of hydrogen-bond donors (Lipinski definition) is 1. The molecule has 1 rings (SSSR count). The van der Waals surface area contributed by atoms with Crippen LogP contribution in [0.25, 0.3) is 0 Å². The lowest BCUT2D eigenvalue weighted by molar-refractivity contribution is -0.133. The summed E-state index contributed by atoms with van der Waals surface area (Å²) in [5.41, 5.74) is 5.31. The lowest BCUT2D eigenvalue weighted by Gasteiger charge is -2.33. The second-order valence-corrected chi connectivity index (χ2v) is 5.11. The van der Waals surface area contributed by atoms with E-state index in [0.29, 0.717) is 26.2 Å². The minimum atomic E-state index is 0.226. The van der Waals surface area contributed by atoms with Crippen molar-refractivity contribution in [2.75, 3.05) is 32.8 Å². The zero-order valence-electron chi connectivity index (χ0n) is 11.2. The minimum Gasteiger partial charge on any atom is -0.380 e. The fourth-order valence-electron chi connectivity index (χ4n) is 2.32. The van der Waals surface area contributed by atoms with E-state index in [1.807, 2.05) is 4.90 Å². The molecule has 2 N–H and O–H groups in total. The van der Waals surface area contributed by atoms with Gasteiger partial charge in [-0.2, -0.15) is 0 Å². The molecule has 0 radical (unpaired) electrons. The molecule has 17 heavy (non-hydrogen) atoms. The van der Waals surface area contributed by atoms with Crippen molar-refractivity contribution >= 4 is 5.91 Å². The van der Waals surface area contributed by atoms with Crippen molar-refractivity contribution in [2.45, 2.75) is 33.1 Å². The minimum absolute atomic E-state index is 0.226. The van der Waals surface area contributed by atoms with Gasteiger partial charge in [0, 0.05) is 19.6 Å². The van der Waals surface area contributed by atoms with Crippen LogP contribution in [0.4, 0.5) is 0 Å². The van der Waals surface area contributed by atoms with Crippen LogP contribution >= 0.6 is 0 Å². The summed E-state index contributed by atoms with van der Waals surface area (Å²) < 4.78 is 5.23. The maximum Gasteiger partial charge on any atom is 0.224 e. The highest BCUT2D eigenvalue weighted by Crippen LogP contribution is 2.24. The first kappa shape index (κ1) is 14.5. The second-order valence-electron chi connectivity index (χ2n) is 5.11. The summed E-state index contributed by atoms with van der Waals surface area (Å²) in [6.45, 7) is 7.93. The molecular formula is C13H26N2O2. The van der Waals surface area contributed by atoms with Crippen LogP contribution in [0.5, 0.6) is 0 Å². The lowest BCUT2D eigenvalue weighted by Crippen LogP contribution is -2.39. The number of nitrogens with zero attached hydrogens (tertiary/aromatic N) is 1. The van der Waals surface area contributed by atoms with Gasteiger partial charge in [0.25, 0.3) is 0 Å². The Labute approximate surface area is 104 Å². The van der Waals surface area contributed by atoms with Gasteiger partial charge in [0.15, 0.2) is 0 Å². The van der Waals surface area contributed by atoms with E-state index in [4.69, 9.17) is 10.5 Å². The molecule has 1 amide bonds. The molecule has 0 unspecified atom stereocenters. The molecule has 0 spiro atoms. The Morgan fingerprint density at radius 3 is 2.53 bits per heavy atom. The number of rotatable bonds is 6. The Morgan fingerprint density at radius 2 is 2.00 bits per heavy atom. The molecule has 0 saturated carbocycles. The van der Waals surface area contributed by atoms with Gasteiger partial charge in [-0.25, -0.2) is 0 Å². The van der Waals surface area contributed by atoms with Crippen molar-refractivity contribution in [1.29, 1.82) is 0 Å². The Morgan fingerprint density at radius 1 is 1.35 bits per heavy atom. The highest BCUT2D eigenvalue weighted by atomic mass is 16.5. The van der Waals surface area contributed by atoms with E-state index < -0.39 is 0 Å². The van der Waals surface area contributed by atoms with Gasteiger partial charge in [-0.15, -0.1) is 0 Å². The molecule has 0 aliphatic carbocycles. The SMILES string of the molecule is CC(C)C1CCN(C(=O)CCOCCN)CC1. The van der Waals surface area contributed by atoms with E-state index in [-0.39, 0.29) is 5.91 Å². The number of carbonyl (C=O) groups is 1. The Kier molecular flexibility index (Phi) is 6.52. The van der Waals surface area contributed by atoms with Crippen LogP contribution in [0.1, 0.15) is 33.1 Å². The Balaban J connectivity index is 2.17. The number of hydrogen-bond acceptors (Lipinski definition) is 3. The fourth-order valence-corrected chi connectivity index (χ4v) is 2.32. The number of piperidine rings is 1. The van der Waals surface area contributed by atoms with Crippen molar-refractivity contribution in [3.05, 3.63) is 0 Å². The van der Waals surface area contributed by atoms with E-state index in [1.165, 1.54) is 0 Å². The van der Waals surface area contributed by atoms with Crippen molar-refractivity contribution in [2.24, 2.45) is 17.6 Å². The first-order valence-electron chi connectivity index (χ1n) is 6.70. The second kappa shape index (κ2) is 7.67. The van der Waals surface area contributed by atoms with Crippen LogP contribution in [0.15, 0.2) is 0 Å². The molecular weight excluding hydrogens is 216 g/mol. The Bertz CT molecular complexity index is 223. The van der Waals surface area contributed by atoms with E-state index in [2.05, 4.69) is 13.8 Å². The summed E-state index contributed by atoms with van der Waals surface area (Å²) in [7, 11) is 0. The lowest BCUT2D eigenvalue weighted by atomic mass is 9.86. The summed E-state index contributed by atoms with van der Waals surface area (Å²) in [4.78, 5) is 13.8. The maximum atomic E-state index is 11.9. The van der Waals surface area contributed by atoms with E-state index in [0.717, 1.165) is 37.8 Å². The summed E-state index contributed by atoms with van der Waals surface area (Å²) in [5, 5.41) is 0. The third-order valence-corrected chi connectivity index (χ3v) is 3.56. The van der Waals surface area contributed by atoms with Gasteiger partial charge in [-0.1, -0.05) is 13.8 Å². The standard InChI is InChI=1S/C13H26N2O2/c1-11(2)12-3-7-15(8-4-12)13(16)5-9-17-10-6-14/h11-12H,3-10,14H2,1-2H3. The molecule has 0 aromatic rings. The molecule has 1 heterocycles. The summed E-state index contributed by atoms with van der Waals surface area (Å²) in [6, 6.07) is 0. The van der Waals surface area contributed by atoms with Crippen molar-refractivity contribution in [3.63, 3.8) is 0 Å². The molecule has 0 bridgehead atoms.